The van der Waals surface area contributed by atoms with E-state index in [1.165, 1.54) is 6.92 Å². The number of aldehydes is 1. The molecule has 0 radical (unpaired) electrons. The third-order valence-corrected chi connectivity index (χ3v) is 0. The van der Waals surface area contributed by atoms with Crippen LogP contribution in [0.15, 0.2) is 0 Å². The fourth-order valence-electron chi connectivity index (χ4n) is 0. The molecule has 5 heteroatoms. The van der Waals surface area contributed by atoms with Crippen LogP contribution in [0, 0.1) is 0 Å². The monoisotopic (exact) mass is 148 g/mol. The second-order valence-electron chi connectivity index (χ2n) is 0.319. The minimum atomic E-state index is -2.00. The summed E-state index contributed by atoms with van der Waals surface area (Å²) in [4.78, 5) is 8.81. The van der Waals surface area contributed by atoms with Crippen LogP contribution in [-0.4, -0.2) is 6.29 Å². The van der Waals surface area contributed by atoms with Crippen molar-refractivity contribution < 1.29 is 61.5 Å². The molecule has 0 amide bonds. The van der Waals surface area contributed by atoms with Crippen molar-refractivity contribution in [1.29, 1.82) is 0 Å². The Labute approximate surface area is 74.2 Å². The Kier molecular flexibility index (Phi) is 62.9. The topological polar surface area (TPSA) is 51.2 Å². The number of rotatable bonds is 0. The van der Waals surface area contributed by atoms with Gasteiger partial charge in [-0.15, -0.1) is 0 Å². The van der Waals surface area contributed by atoms with E-state index in [-0.39, 0.29) is 31.0 Å². The zero-order valence-corrected chi connectivity index (χ0v) is 7.86. The Balaban J connectivity index is -0.0000000160. The van der Waals surface area contributed by atoms with Gasteiger partial charge in [-0.25, -0.2) is 0 Å². The predicted molar refractivity (Wildman–Crippen MR) is 14.2 cm³/mol. The van der Waals surface area contributed by atoms with Gasteiger partial charge in [0.1, 0.15) is 6.29 Å². The molecule has 0 rings (SSSR count). The van der Waals surface area contributed by atoms with Gasteiger partial charge in [0.25, 0.3) is 0 Å². The fourth-order valence-corrected chi connectivity index (χ4v) is 0. The van der Waals surface area contributed by atoms with Gasteiger partial charge in [0.2, 0.25) is 0 Å². The Bertz CT molecular complexity index is 62.3. The van der Waals surface area contributed by atoms with Crippen molar-refractivity contribution in [3.8, 4) is 0 Å². The summed E-state index contributed by atoms with van der Waals surface area (Å²) >= 11 is -2.00. The molecule has 3 nitrogen and oxygen atoms in total. The molecular formula is C2H5NaO3Ti. The minimum absolute atomic E-state index is 0. The molecular weight excluding hydrogens is 143 g/mol. The summed E-state index contributed by atoms with van der Waals surface area (Å²) in [5.41, 5.74) is 0. The SMILES string of the molecule is CC=O.[H-].[Na+].[O]=[Ti]=[O]. The van der Waals surface area contributed by atoms with Crippen molar-refractivity contribution in [2.45, 2.75) is 6.92 Å². The van der Waals surface area contributed by atoms with E-state index in [0.29, 0.717) is 0 Å². The third-order valence-electron chi connectivity index (χ3n) is 0. The van der Waals surface area contributed by atoms with Gasteiger partial charge in [-0.3, -0.25) is 0 Å². The molecule has 0 aliphatic rings. The first kappa shape index (κ1) is 15.7. The van der Waals surface area contributed by atoms with Crippen LogP contribution in [0.1, 0.15) is 8.35 Å². The first-order valence-corrected chi connectivity index (χ1v) is 2.50. The molecule has 0 aromatic rings. The molecule has 0 aromatic heterocycles. The molecule has 0 atom stereocenters. The van der Waals surface area contributed by atoms with Gasteiger partial charge in [-0.2, -0.15) is 0 Å². The van der Waals surface area contributed by atoms with E-state index in [1.54, 1.807) is 0 Å². The van der Waals surface area contributed by atoms with E-state index in [9.17, 15) is 0 Å². The van der Waals surface area contributed by atoms with Crippen molar-refractivity contribution in [1.82, 2.24) is 0 Å². The van der Waals surface area contributed by atoms with Crippen LogP contribution in [0.4, 0.5) is 0 Å². The molecule has 36 valence electrons. The summed E-state index contributed by atoms with van der Waals surface area (Å²) in [5, 5.41) is 0. The molecule has 0 bridgehead atoms. The third kappa shape index (κ3) is 179. The van der Waals surface area contributed by atoms with Crippen LogP contribution in [0.2, 0.25) is 0 Å². The summed E-state index contributed by atoms with van der Waals surface area (Å²) in [6.07, 6.45) is 0.750. The Morgan fingerprint density at radius 2 is 1.57 bits per heavy atom. The van der Waals surface area contributed by atoms with Gasteiger partial charge in [-0.1, -0.05) is 0 Å². The Morgan fingerprint density at radius 3 is 1.57 bits per heavy atom. The van der Waals surface area contributed by atoms with Gasteiger partial charge in [-0.05, 0) is 6.92 Å². The number of hydrogen-bond acceptors (Lipinski definition) is 3. The van der Waals surface area contributed by atoms with Gasteiger partial charge >= 0.3 is 55.3 Å². The molecule has 7 heavy (non-hydrogen) atoms. The van der Waals surface area contributed by atoms with Gasteiger partial charge < -0.3 is 6.22 Å². The summed E-state index contributed by atoms with van der Waals surface area (Å²) < 4.78 is 17.0. The fraction of sp³-hybridized carbons (Fsp3) is 0.500. The van der Waals surface area contributed by atoms with Crippen LogP contribution < -0.4 is 29.6 Å². The summed E-state index contributed by atoms with van der Waals surface area (Å²) in [6.45, 7) is 1.44. The normalized spacial score (nSPS) is 3.00. The average Bonchev–Trinajstić information content (AvgIpc) is 1.39. The van der Waals surface area contributed by atoms with Crippen LogP contribution >= 0.6 is 0 Å². The van der Waals surface area contributed by atoms with E-state index in [4.69, 9.17) is 11.4 Å². The van der Waals surface area contributed by atoms with E-state index in [0.717, 1.165) is 6.29 Å². The zero-order valence-electron chi connectivity index (χ0n) is 5.30. The van der Waals surface area contributed by atoms with Crippen LogP contribution in [0.3, 0.4) is 0 Å². The van der Waals surface area contributed by atoms with E-state index in [1.807, 2.05) is 0 Å². The van der Waals surface area contributed by atoms with Crippen molar-refractivity contribution in [2.24, 2.45) is 0 Å². The van der Waals surface area contributed by atoms with Crippen molar-refractivity contribution in [3.05, 3.63) is 0 Å². The van der Waals surface area contributed by atoms with E-state index >= 15 is 0 Å². The number of carbonyl (C=O) groups excluding carboxylic acids is 1. The maximum atomic E-state index is 8.81. The molecule has 0 saturated carbocycles. The maximum absolute atomic E-state index is 8.81. The molecule has 0 heterocycles. The predicted octanol–water partition coefficient (Wildman–Crippen LogP) is -2.92. The number of carbonyl (C=O) groups is 1. The van der Waals surface area contributed by atoms with Crippen molar-refractivity contribution in [2.75, 3.05) is 0 Å². The first-order valence-electron chi connectivity index (χ1n) is 1.22. The summed E-state index contributed by atoms with van der Waals surface area (Å²) in [6, 6.07) is 0. The quantitative estimate of drug-likeness (QED) is 0.273. The molecule has 0 fully saturated rings. The van der Waals surface area contributed by atoms with Crippen LogP contribution in [-0.2, 0) is 30.5 Å². The van der Waals surface area contributed by atoms with Crippen LogP contribution in [0.5, 0.6) is 0 Å². The zero-order chi connectivity index (χ0) is 5.41. The second-order valence-corrected chi connectivity index (χ2v) is 0.579. The molecule has 0 saturated heterocycles. The average molecular weight is 148 g/mol. The molecule has 0 spiro atoms. The standard InChI is InChI=1S/C2H4O.Na.2O.Ti.H/c1-2-3;;;;;/h2H,1H3;;;;;/q;+1;;;;-1. The Morgan fingerprint density at radius 1 is 1.57 bits per heavy atom. The molecule has 0 aliphatic carbocycles. The first-order chi connectivity index (χ1) is 2.83. The molecule has 0 N–H and O–H groups in total. The number of hydrogen-bond donors (Lipinski definition) is 0. The van der Waals surface area contributed by atoms with Gasteiger partial charge in [0.05, 0.1) is 0 Å². The van der Waals surface area contributed by atoms with Crippen molar-refractivity contribution in [3.63, 3.8) is 0 Å². The molecule has 0 aliphatic heterocycles. The summed E-state index contributed by atoms with van der Waals surface area (Å²) in [5.74, 6) is 0. The molecule has 0 aromatic carbocycles. The van der Waals surface area contributed by atoms with Crippen LogP contribution in [0.25, 0.3) is 0 Å². The van der Waals surface area contributed by atoms with Crippen molar-refractivity contribution >= 4 is 6.29 Å². The second kappa shape index (κ2) is 28.1. The Hall–Kier alpha value is 0.984. The van der Waals surface area contributed by atoms with Gasteiger partial charge in [0.15, 0.2) is 0 Å². The van der Waals surface area contributed by atoms with Gasteiger partial charge in [0, 0.05) is 0 Å². The molecule has 0 unspecified atom stereocenters. The summed E-state index contributed by atoms with van der Waals surface area (Å²) in [7, 11) is 0. The van der Waals surface area contributed by atoms with E-state index < -0.39 is 19.1 Å². The van der Waals surface area contributed by atoms with E-state index in [2.05, 4.69) is 0 Å².